The van der Waals surface area contributed by atoms with Gasteiger partial charge in [0.25, 0.3) is 0 Å². The van der Waals surface area contributed by atoms with Crippen LogP contribution in [0.2, 0.25) is 0 Å². The standard InChI is InChI=1S/C10H11F3O2/c1-15-8-4-2-3-7(5-8)9(6-14)10(11,12)13/h2-5,9,14H,6H2,1H3. The SMILES string of the molecule is COc1cccc(C(CO)C(F)(F)F)c1. The number of aliphatic hydroxyl groups is 1. The van der Waals surface area contributed by atoms with Gasteiger partial charge < -0.3 is 9.84 Å². The van der Waals surface area contributed by atoms with Crippen LogP contribution in [0.15, 0.2) is 24.3 Å². The van der Waals surface area contributed by atoms with Gasteiger partial charge in [-0.05, 0) is 17.7 Å². The molecule has 1 unspecified atom stereocenters. The Morgan fingerprint density at radius 1 is 1.40 bits per heavy atom. The monoisotopic (exact) mass is 220 g/mol. The summed E-state index contributed by atoms with van der Waals surface area (Å²) in [6.07, 6.45) is -4.44. The Bertz CT molecular complexity index is 323. The van der Waals surface area contributed by atoms with Crippen LogP contribution in [0.3, 0.4) is 0 Å². The normalized spacial score (nSPS) is 13.7. The van der Waals surface area contributed by atoms with Gasteiger partial charge in [-0.15, -0.1) is 0 Å². The fraction of sp³-hybridized carbons (Fsp3) is 0.400. The molecule has 0 amide bonds. The molecule has 0 saturated heterocycles. The second-order valence-corrected chi connectivity index (χ2v) is 3.05. The van der Waals surface area contributed by atoms with Crippen molar-refractivity contribution in [1.29, 1.82) is 0 Å². The number of rotatable bonds is 3. The van der Waals surface area contributed by atoms with E-state index in [4.69, 9.17) is 9.84 Å². The van der Waals surface area contributed by atoms with Crippen LogP contribution in [0.1, 0.15) is 11.5 Å². The van der Waals surface area contributed by atoms with Crippen molar-refractivity contribution < 1.29 is 23.0 Å². The quantitative estimate of drug-likeness (QED) is 0.847. The van der Waals surface area contributed by atoms with Crippen LogP contribution in [0.5, 0.6) is 5.75 Å². The van der Waals surface area contributed by atoms with Gasteiger partial charge in [-0.1, -0.05) is 12.1 Å². The summed E-state index contributed by atoms with van der Waals surface area (Å²) < 4.78 is 42.1. The molecule has 2 nitrogen and oxygen atoms in total. The summed E-state index contributed by atoms with van der Waals surface area (Å²) in [5.74, 6) is -1.51. The Kier molecular flexibility index (Phi) is 3.57. The zero-order valence-corrected chi connectivity index (χ0v) is 8.08. The summed E-state index contributed by atoms with van der Waals surface area (Å²) in [7, 11) is 1.38. The lowest BCUT2D eigenvalue weighted by atomic mass is 9.99. The second-order valence-electron chi connectivity index (χ2n) is 3.05. The zero-order chi connectivity index (χ0) is 11.5. The third-order valence-corrected chi connectivity index (χ3v) is 2.07. The van der Waals surface area contributed by atoms with E-state index < -0.39 is 18.7 Å². The van der Waals surface area contributed by atoms with Gasteiger partial charge in [0.15, 0.2) is 0 Å². The lowest BCUT2D eigenvalue weighted by Gasteiger charge is -2.18. The fourth-order valence-corrected chi connectivity index (χ4v) is 1.26. The maximum absolute atomic E-state index is 12.4. The molecule has 1 N–H and O–H groups in total. The Hall–Kier alpha value is -1.23. The summed E-state index contributed by atoms with van der Waals surface area (Å²) >= 11 is 0. The highest BCUT2D eigenvalue weighted by molar-refractivity contribution is 5.31. The predicted octanol–water partition coefficient (Wildman–Crippen LogP) is 2.33. The molecule has 0 heterocycles. The molecule has 0 radical (unpaired) electrons. The summed E-state index contributed by atoms with van der Waals surface area (Å²) in [5.41, 5.74) is 0.00403. The van der Waals surface area contributed by atoms with Crippen molar-refractivity contribution in [3.8, 4) is 5.75 Å². The second kappa shape index (κ2) is 4.53. The van der Waals surface area contributed by atoms with Crippen molar-refractivity contribution in [3.63, 3.8) is 0 Å². The van der Waals surface area contributed by atoms with Gasteiger partial charge in [0.05, 0.1) is 13.7 Å². The van der Waals surface area contributed by atoms with E-state index >= 15 is 0 Å². The molecule has 1 aromatic rings. The van der Waals surface area contributed by atoms with E-state index in [1.807, 2.05) is 0 Å². The van der Waals surface area contributed by atoms with E-state index in [0.717, 1.165) is 0 Å². The van der Waals surface area contributed by atoms with Gasteiger partial charge >= 0.3 is 6.18 Å². The van der Waals surface area contributed by atoms with E-state index in [0.29, 0.717) is 5.75 Å². The summed E-state index contributed by atoms with van der Waals surface area (Å²) in [6, 6.07) is 5.60. The van der Waals surface area contributed by atoms with Crippen molar-refractivity contribution in [2.24, 2.45) is 0 Å². The van der Waals surface area contributed by atoms with Crippen molar-refractivity contribution in [2.45, 2.75) is 12.1 Å². The minimum Gasteiger partial charge on any atom is -0.497 e. The maximum Gasteiger partial charge on any atom is 0.397 e. The molecule has 0 aliphatic carbocycles. The molecule has 15 heavy (non-hydrogen) atoms. The van der Waals surface area contributed by atoms with Crippen molar-refractivity contribution in [3.05, 3.63) is 29.8 Å². The molecule has 84 valence electrons. The van der Waals surface area contributed by atoms with Gasteiger partial charge in [-0.25, -0.2) is 0 Å². The number of methoxy groups -OCH3 is 1. The summed E-state index contributed by atoms with van der Waals surface area (Å²) in [4.78, 5) is 0. The van der Waals surface area contributed by atoms with Crippen LogP contribution in [0.25, 0.3) is 0 Å². The molecule has 1 atom stereocenters. The first-order valence-electron chi connectivity index (χ1n) is 4.30. The van der Waals surface area contributed by atoms with E-state index in [1.165, 1.54) is 25.3 Å². The molecule has 1 rings (SSSR count). The lowest BCUT2D eigenvalue weighted by molar-refractivity contribution is -0.158. The summed E-state index contributed by atoms with van der Waals surface area (Å²) in [5, 5.41) is 8.72. The lowest BCUT2D eigenvalue weighted by Crippen LogP contribution is -2.23. The zero-order valence-electron chi connectivity index (χ0n) is 8.08. The summed E-state index contributed by atoms with van der Waals surface area (Å²) in [6.45, 7) is -0.962. The van der Waals surface area contributed by atoms with E-state index in [9.17, 15) is 13.2 Å². The number of hydrogen-bond acceptors (Lipinski definition) is 2. The first-order valence-corrected chi connectivity index (χ1v) is 4.30. The highest BCUT2D eigenvalue weighted by Gasteiger charge is 2.40. The highest BCUT2D eigenvalue weighted by Crippen LogP contribution is 2.35. The van der Waals surface area contributed by atoms with Gasteiger partial charge in [-0.3, -0.25) is 0 Å². The minimum atomic E-state index is -4.44. The number of hydrogen-bond donors (Lipinski definition) is 1. The van der Waals surface area contributed by atoms with E-state index in [1.54, 1.807) is 6.07 Å². The third-order valence-electron chi connectivity index (χ3n) is 2.07. The average Bonchev–Trinajstić information content (AvgIpc) is 2.17. The molecule has 5 heteroatoms. The van der Waals surface area contributed by atoms with Crippen molar-refractivity contribution in [1.82, 2.24) is 0 Å². The van der Waals surface area contributed by atoms with Crippen molar-refractivity contribution in [2.75, 3.05) is 13.7 Å². The molecule has 0 aromatic heterocycles. The highest BCUT2D eigenvalue weighted by atomic mass is 19.4. The van der Waals surface area contributed by atoms with Crippen LogP contribution in [0.4, 0.5) is 13.2 Å². The Balaban J connectivity index is 3.02. The molecular weight excluding hydrogens is 209 g/mol. The molecular formula is C10H11F3O2. The van der Waals surface area contributed by atoms with Crippen LogP contribution in [0, 0.1) is 0 Å². The van der Waals surface area contributed by atoms with Gasteiger partial charge in [0.1, 0.15) is 11.7 Å². The van der Waals surface area contributed by atoms with Crippen LogP contribution in [-0.4, -0.2) is 25.0 Å². The van der Waals surface area contributed by atoms with E-state index in [2.05, 4.69) is 0 Å². The first kappa shape index (κ1) is 11.8. The molecule has 1 aromatic carbocycles. The van der Waals surface area contributed by atoms with Crippen molar-refractivity contribution >= 4 is 0 Å². The van der Waals surface area contributed by atoms with Crippen LogP contribution in [-0.2, 0) is 0 Å². The fourth-order valence-electron chi connectivity index (χ4n) is 1.26. The molecule has 0 aliphatic heterocycles. The Morgan fingerprint density at radius 3 is 2.53 bits per heavy atom. The average molecular weight is 220 g/mol. The smallest absolute Gasteiger partial charge is 0.397 e. The van der Waals surface area contributed by atoms with Gasteiger partial charge in [0, 0.05) is 0 Å². The molecule has 0 saturated carbocycles. The number of benzene rings is 1. The van der Waals surface area contributed by atoms with Crippen LogP contribution < -0.4 is 4.74 Å². The molecule has 0 bridgehead atoms. The molecule has 0 aliphatic rings. The maximum atomic E-state index is 12.4. The number of alkyl halides is 3. The number of halogens is 3. The first-order chi connectivity index (χ1) is 6.99. The largest absolute Gasteiger partial charge is 0.497 e. The topological polar surface area (TPSA) is 29.5 Å². The number of ether oxygens (including phenoxy) is 1. The number of aliphatic hydroxyl groups excluding tert-OH is 1. The van der Waals surface area contributed by atoms with Gasteiger partial charge in [-0.2, -0.15) is 13.2 Å². The Morgan fingerprint density at radius 2 is 2.07 bits per heavy atom. The van der Waals surface area contributed by atoms with Crippen LogP contribution >= 0.6 is 0 Å². The van der Waals surface area contributed by atoms with Gasteiger partial charge in [0.2, 0.25) is 0 Å². The minimum absolute atomic E-state index is 0.00403. The molecule has 0 spiro atoms. The molecule has 0 fully saturated rings. The third kappa shape index (κ3) is 2.86. The Labute approximate surface area is 85.3 Å². The van der Waals surface area contributed by atoms with E-state index in [-0.39, 0.29) is 5.56 Å². The predicted molar refractivity (Wildman–Crippen MR) is 48.9 cm³/mol.